The van der Waals surface area contributed by atoms with Gasteiger partial charge in [-0.3, -0.25) is 0 Å². The van der Waals surface area contributed by atoms with Gasteiger partial charge >= 0.3 is 5.63 Å². The molecule has 0 spiro atoms. The molecule has 5 nitrogen and oxygen atoms in total. The van der Waals surface area contributed by atoms with Crippen molar-refractivity contribution in [3.63, 3.8) is 0 Å². The van der Waals surface area contributed by atoms with Crippen LogP contribution in [0.3, 0.4) is 0 Å². The maximum Gasteiger partial charge on any atom is 0.344 e. The van der Waals surface area contributed by atoms with Gasteiger partial charge in [-0.05, 0) is 167 Å². The number of hydrogen-bond donors (Lipinski definition) is 1. The monoisotopic (exact) mass is 1020 g/mol. The summed E-state index contributed by atoms with van der Waals surface area (Å²) in [7, 11) is 0. The zero-order valence-corrected chi connectivity index (χ0v) is 43.7. The highest BCUT2D eigenvalue weighted by Gasteiger charge is 2.21. The van der Waals surface area contributed by atoms with E-state index >= 15 is 0 Å². The lowest BCUT2D eigenvalue weighted by Gasteiger charge is -2.13. The van der Waals surface area contributed by atoms with Gasteiger partial charge in [0.2, 0.25) is 0 Å². The summed E-state index contributed by atoms with van der Waals surface area (Å²) in [6.07, 6.45) is 2.11. The third-order valence-electron chi connectivity index (χ3n) is 16.5. The lowest BCUT2D eigenvalue weighted by molar-refractivity contribution is 0.569. The van der Waals surface area contributed by atoms with Gasteiger partial charge in [0.1, 0.15) is 16.7 Å². The zero-order valence-electron chi connectivity index (χ0n) is 42.9. The van der Waals surface area contributed by atoms with E-state index in [-0.39, 0.29) is 5.63 Å². The van der Waals surface area contributed by atoms with Crippen molar-refractivity contribution < 1.29 is 8.83 Å². The van der Waals surface area contributed by atoms with Crippen LogP contribution in [0.15, 0.2) is 232 Å². The van der Waals surface area contributed by atoms with Gasteiger partial charge in [0.05, 0.1) is 16.4 Å². The summed E-state index contributed by atoms with van der Waals surface area (Å²) in [6, 6.07) is 76.8. The normalized spacial score (nSPS) is 12.5. The smallest absolute Gasteiger partial charge is 0.344 e. The minimum atomic E-state index is -0.335. The lowest BCUT2D eigenvalue weighted by atomic mass is 9.96. The molecule has 0 unspecified atom stereocenters. The molecule has 4 aromatic heterocycles. The van der Waals surface area contributed by atoms with Crippen LogP contribution in [0, 0.1) is 6.92 Å². The topological polar surface area (TPSA) is 60.3 Å². The lowest BCUT2D eigenvalue weighted by Crippen LogP contribution is -2.00. The highest BCUT2D eigenvalue weighted by Crippen LogP contribution is 2.47. The van der Waals surface area contributed by atoms with Gasteiger partial charge in [0, 0.05) is 80.7 Å². The molecule has 0 saturated heterocycles. The van der Waals surface area contributed by atoms with Gasteiger partial charge in [-0.15, -0.1) is 11.3 Å². The van der Waals surface area contributed by atoms with Gasteiger partial charge in [0.25, 0.3) is 0 Å². The molecule has 1 N–H and O–H groups in total. The van der Waals surface area contributed by atoms with Gasteiger partial charge in [-0.1, -0.05) is 133 Å². The Morgan fingerprint density at radius 1 is 0.462 bits per heavy atom. The van der Waals surface area contributed by atoms with Crippen LogP contribution < -0.4 is 10.9 Å². The third-order valence-corrected chi connectivity index (χ3v) is 17.8. The van der Waals surface area contributed by atoms with Crippen molar-refractivity contribution in [1.82, 2.24) is 4.57 Å². The first-order valence-corrected chi connectivity index (χ1v) is 27.3. The molecule has 368 valence electrons. The predicted octanol–water partition coefficient (Wildman–Crippen LogP) is 20.4. The molecule has 0 radical (unpaired) electrons. The molecule has 0 amide bonds. The number of nitrogens with zero attached hydrogens (tertiary/aromatic N) is 1. The number of aromatic nitrogens is 1. The molecule has 0 atom stereocenters. The zero-order chi connectivity index (χ0) is 51.9. The van der Waals surface area contributed by atoms with Gasteiger partial charge in [0.15, 0.2) is 0 Å². The number of fused-ring (bicyclic) bond motifs is 6. The summed E-state index contributed by atoms with van der Waals surface area (Å²) < 4.78 is 17.8. The third kappa shape index (κ3) is 6.70. The molecule has 0 fully saturated rings. The quantitative estimate of drug-likeness (QED) is 0.138. The van der Waals surface area contributed by atoms with Crippen molar-refractivity contribution in [1.29, 1.82) is 0 Å². The largest absolute Gasteiger partial charge is 0.455 e. The Bertz CT molecular complexity index is 5160. The van der Waals surface area contributed by atoms with E-state index in [4.69, 9.17) is 8.83 Å². The van der Waals surface area contributed by atoms with Gasteiger partial charge < -0.3 is 18.7 Å². The van der Waals surface area contributed by atoms with E-state index in [1.54, 1.807) is 0 Å². The Balaban J connectivity index is 0.931. The fraction of sp³-hybridized carbons (Fsp3) is 0.0417. The second-order valence-electron chi connectivity index (χ2n) is 20.8. The number of para-hydroxylation sites is 2. The number of allylic oxidation sites excluding steroid dienone is 2. The van der Waals surface area contributed by atoms with E-state index < -0.39 is 0 Å². The number of rotatable bonds is 2. The summed E-state index contributed by atoms with van der Waals surface area (Å²) in [5.41, 5.74) is 21.9. The van der Waals surface area contributed by atoms with Crippen molar-refractivity contribution in [3.8, 4) is 61.3 Å². The van der Waals surface area contributed by atoms with E-state index in [2.05, 4.69) is 224 Å². The average Bonchev–Trinajstić information content (AvgIpc) is 4.22. The van der Waals surface area contributed by atoms with Crippen LogP contribution in [-0.4, -0.2) is 4.57 Å². The molecular formula is C72H46N2O3S. The predicted molar refractivity (Wildman–Crippen MR) is 329 cm³/mol. The first-order chi connectivity index (χ1) is 38.3. The van der Waals surface area contributed by atoms with Gasteiger partial charge in [-0.2, -0.15) is 0 Å². The maximum absolute atomic E-state index is 13.4. The van der Waals surface area contributed by atoms with Crippen molar-refractivity contribution in [2.45, 2.75) is 20.8 Å². The Morgan fingerprint density at radius 2 is 1.00 bits per heavy atom. The van der Waals surface area contributed by atoms with Crippen LogP contribution in [0.2, 0.25) is 0 Å². The Labute approximate surface area is 452 Å². The number of aryl methyl sites for hydroxylation is 1. The number of nitrogens with one attached hydrogen (secondary N) is 1. The van der Waals surface area contributed by atoms with Crippen molar-refractivity contribution in [3.05, 3.63) is 240 Å². The molecule has 11 aromatic carbocycles. The minimum absolute atomic E-state index is 0.335. The standard InChI is InChI=1S/C72H46N2O3S/c1-4-40(2)44-25-34-67-63(36-44)60-37-45(21-30-59(60)72(75)76-67)46-23-32-65-61(38-46)62-39-48-24-33-66(62)74(65)50-28-19-43(20-29-50)52-10-6-14-56-55-13-5-9-51(68(55)77-69(52)56)42-17-26-49(27-18-42)73-64-31-22-47(35-41(64)3)53-11-7-15-57-58-16-8-12-54(48)71(58)78-70(53)57/h4-39,73H,1-3H3/b40-4+. The van der Waals surface area contributed by atoms with Crippen molar-refractivity contribution in [2.75, 3.05) is 5.32 Å². The molecule has 14 bridgehead atoms. The highest BCUT2D eigenvalue weighted by molar-refractivity contribution is 7.26. The summed E-state index contributed by atoms with van der Waals surface area (Å²) in [4.78, 5) is 13.4. The Kier molecular flexibility index (Phi) is 9.64. The van der Waals surface area contributed by atoms with Crippen molar-refractivity contribution >= 4 is 114 Å². The van der Waals surface area contributed by atoms with E-state index in [1.165, 1.54) is 42.4 Å². The van der Waals surface area contributed by atoms with Crippen LogP contribution in [0.25, 0.3) is 153 Å². The van der Waals surface area contributed by atoms with Crippen LogP contribution in [0.1, 0.15) is 25.0 Å². The first-order valence-electron chi connectivity index (χ1n) is 26.5. The van der Waals surface area contributed by atoms with Crippen LogP contribution in [0.5, 0.6) is 0 Å². The second kappa shape index (κ2) is 16.9. The first kappa shape index (κ1) is 44.5. The summed E-state index contributed by atoms with van der Waals surface area (Å²) in [5, 5.41) is 13.1. The van der Waals surface area contributed by atoms with Crippen LogP contribution in [0.4, 0.5) is 11.4 Å². The molecule has 15 aromatic rings. The van der Waals surface area contributed by atoms with Crippen molar-refractivity contribution in [2.24, 2.45) is 0 Å². The summed E-state index contributed by atoms with van der Waals surface area (Å²) in [6.45, 7) is 6.34. The second-order valence-corrected chi connectivity index (χ2v) is 21.9. The molecule has 10 aliphatic heterocycles. The summed E-state index contributed by atoms with van der Waals surface area (Å²) in [5.74, 6) is 0. The molecule has 0 aliphatic carbocycles. The van der Waals surface area contributed by atoms with E-state index in [9.17, 15) is 4.79 Å². The van der Waals surface area contributed by atoms with E-state index in [1.807, 2.05) is 36.5 Å². The average molecular weight is 1020 g/mol. The summed E-state index contributed by atoms with van der Waals surface area (Å²) >= 11 is 1.88. The Morgan fingerprint density at radius 3 is 1.64 bits per heavy atom. The molecular weight excluding hydrogens is 973 g/mol. The Hall–Kier alpha value is -9.75. The van der Waals surface area contributed by atoms with E-state index in [0.29, 0.717) is 11.0 Å². The maximum atomic E-state index is 13.4. The number of furan rings is 1. The SMILES string of the molecule is C/C=C(\C)c1ccc2oc(=O)c3ccc(-c4ccc5c(c4)c4cc6ccc4n5-c4ccc(cc4)-c4cccc5c4oc4c(cccc45)-c4ccc(cc4)Nc4ccc(cc4C)-c4cccc5c4sc4c-6cccc45)cc3c2c1. The molecule has 14 heterocycles. The number of thiophene rings is 1. The molecule has 0 saturated carbocycles. The number of hydrogen-bond acceptors (Lipinski definition) is 5. The van der Waals surface area contributed by atoms with E-state index in [0.717, 1.165) is 122 Å². The fourth-order valence-electron chi connectivity index (χ4n) is 12.4. The highest BCUT2D eigenvalue weighted by atomic mass is 32.1. The minimum Gasteiger partial charge on any atom is -0.455 e. The molecule has 78 heavy (non-hydrogen) atoms. The number of benzene rings is 11. The molecule has 6 heteroatoms. The fourth-order valence-corrected chi connectivity index (χ4v) is 13.7. The molecule has 25 rings (SSSR count). The number of anilines is 2. The van der Waals surface area contributed by atoms with Crippen LogP contribution >= 0.6 is 11.3 Å². The van der Waals surface area contributed by atoms with Gasteiger partial charge in [-0.25, -0.2) is 4.79 Å². The van der Waals surface area contributed by atoms with Crippen LogP contribution in [-0.2, 0) is 0 Å². The molecule has 10 aliphatic rings.